The molecule has 1 aliphatic heterocycles. The molecule has 1 rings (SSSR count). The molecule has 0 spiro atoms. The Balaban J connectivity index is 2.49. The van der Waals surface area contributed by atoms with Gasteiger partial charge in [-0.15, -0.1) is 0 Å². The summed E-state index contributed by atoms with van der Waals surface area (Å²) in [4.78, 5) is 0. The van der Waals surface area contributed by atoms with Gasteiger partial charge in [0.2, 0.25) is 0 Å². The molecule has 1 unspecified atom stereocenters. The van der Waals surface area contributed by atoms with Crippen LogP contribution in [0.15, 0.2) is 24.1 Å². The molecule has 0 aromatic rings. The molecular formula is C8H7F3N2O. The highest BCUT2D eigenvalue weighted by Gasteiger charge is 2.28. The van der Waals surface area contributed by atoms with Crippen LogP contribution in [0.1, 0.15) is 0 Å². The van der Waals surface area contributed by atoms with E-state index in [4.69, 9.17) is 5.26 Å². The lowest BCUT2D eigenvalue weighted by atomic mass is 10.2. The van der Waals surface area contributed by atoms with Crippen LogP contribution in [0.3, 0.4) is 0 Å². The summed E-state index contributed by atoms with van der Waals surface area (Å²) in [6.07, 6.45) is -0.368. The molecule has 0 fully saturated rings. The zero-order valence-corrected chi connectivity index (χ0v) is 7.01. The standard InChI is InChI=1S/C8H7F3N2O/c9-8(10,11)5-14-7-1-2-13-6(3-7)4-12/h1-3,6,13H,5H2. The summed E-state index contributed by atoms with van der Waals surface area (Å²) in [5.74, 6) is 0.0487. The summed E-state index contributed by atoms with van der Waals surface area (Å²) in [5, 5.41) is 11.1. The van der Waals surface area contributed by atoms with Gasteiger partial charge in [0.25, 0.3) is 0 Å². The Kier molecular flexibility index (Phi) is 3.02. The second kappa shape index (κ2) is 4.05. The third-order valence-corrected chi connectivity index (χ3v) is 1.40. The molecule has 6 heteroatoms. The van der Waals surface area contributed by atoms with Crippen LogP contribution in [-0.4, -0.2) is 18.8 Å². The van der Waals surface area contributed by atoms with Crippen molar-refractivity contribution < 1.29 is 17.9 Å². The van der Waals surface area contributed by atoms with Crippen molar-refractivity contribution in [1.82, 2.24) is 5.32 Å². The summed E-state index contributed by atoms with van der Waals surface area (Å²) in [5.41, 5.74) is 0. The summed E-state index contributed by atoms with van der Waals surface area (Å²) in [6, 6.07) is 1.20. The highest BCUT2D eigenvalue weighted by molar-refractivity contribution is 5.24. The Labute approximate surface area is 78.5 Å². The smallest absolute Gasteiger partial charge is 0.422 e. The quantitative estimate of drug-likeness (QED) is 0.740. The maximum absolute atomic E-state index is 11.7. The van der Waals surface area contributed by atoms with Gasteiger partial charge < -0.3 is 10.1 Å². The molecule has 1 heterocycles. The van der Waals surface area contributed by atoms with E-state index in [0.29, 0.717) is 0 Å². The Morgan fingerprint density at radius 2 is 2.29 bits per heavy atom. The average Bonchev–Trinajstić information content (AvgIpc) is 2.14. The van der Waals surface area contributed by atoms with E-state index in [0.717, 1.165) is 0 Å². The lowest BCUT2D eigenvalue weighted by Gasteiger charge is -2.14. The minimum absolute atomic E-state index is 0.0487. The van der Waals surface area contributed by atoms with Crippen molar-refractivity contribution in [2.75, 3.05) is 6.61 Å². The van der Waals surface area contributed by atoms with Gasteiger partial charge in [-0.2, -0.15) is 18.4 Å². The predicted octanol–water partition coefficient (Wildman–Crippen LogP) is 1.46. The predicted molar refractivity (Wildman–Crippen MR) is 41.8 cm³/mol. The SMILES string of the molecule is N#CC1C=C(OCC(F)(F)F)C=CN1. The number of nitriles is 1. The number of hydrogen-bond acceptors (Lipinski definition) is 3. The topological polar surface area (TPSA) is 45.0 Å². The van der Waals surface area contributed by atoms with Gasteiger partial charge in [-0.1, -0.05) is 0 Å². The molecule has 0 radical (unpaired) electrons. The second-order valence-corrected chi connectivity index (χ2v) is 2.58. The fourth-order valence-corrected chi connectivity index (χ4v) is 0.838. The van der Waals surface area contributed by atoms with Crippen molar-refractivity contribution >= 4 is 0 Å². The van der Waals surface area contributed by atoms with Crippen molar-refractivity contribution in [1.29, 1.82) is 5.26 Å². The van der Waals surface area contributed by atoms with Crippen LogP contribution < -0.4 is 5.32 Å². The zero-order chi connectivity index (χ0) is 10.6. The van der Waals surface area contributed by atoms with Crippen molar-refractivity contribution in [3.8, 4) is 6.07 Å². The Bertz CT molecular complexity index is 301. The Morgan fingerprint density at radius 3 is 2.86 bits per heavy atom. The van der Waals surface area contributed by atoms with E-state index in [2.05, 4.69) is 10.1 Å². The molecule has 0 aromatic carbocycles. The number of halogens is 3. The second-order valence-electron chi connectivity index (χ2n) is 2.58. The molecule has 0 aliphatic carbocycles. The first-order valence-electron chi connectivity index (χ1n) is 3.75. The van der Waals surface area contributed by atoms with Gasteiger partial charge in [-0.05, 0) is 12.2 Å². The van der Waals surface area contributed by atoms with Crippen LogP contribution in [0, 0.1) is 11.3 Å². The normalized spacial score (nSPS) is 20.7. The fraction of sp³-hybridized carbons (Fsp3) is 0.375. The molecule has 1 N–H and O–H groups in total. The van der Waals surface area contributed by atoms with Gasteiger partial charge in [0.15, 0.2) is 6.61 Å². The van der Waals surface area contributed by atoms with Crippen molar-refractivity contribution in [2.45, 2.75) is 12.2 Å². The summed E-state index contributed by atoms with van der Waals surface area (Å²) < 4.78 is 39.6. The number of allylic oxidation sites excluding steroid dienone is 1. The van der Waals surface area contributed by atoms with Crippen LogP contribution in [0.25, 0.3) is 0 Å². The fourth-order valence-electron chi connectivity index (χ4n) is 0.838. The van der Waals surface area contributed by atoms with Crippen molar-refractivity contribution in [3.63, 3.8) is 0 Å². The molecule has 0 aromatic heterocycles. The molecule has 1 atom stereocenters. The number of ether oxygens (including phenoxy) is 1. The number of alkyl halides is 3. The molecule has 14 heavy (non-hydrogen) atoms. The minimum Gasteiger partial charge on any atom is -0.484 e. The van der Waals surface area contributed by atoms with E-state index in [9.17, 15) is 13.2 Å². The molecule has 1 aliphatic rings. The van der Waals surface area contributed by atoms with Crippen molar-refractivity contribution in [3.05, 3.63) is 24.1 Å². The molecular weight excluding hydrogens is 197 g/mol. The van der Waals surface area contributed by atoms with Crippen LogP contribution in [0.5, 0.6) is 0 Å². The highest BCUT2D eigenvalue weighted by Crippen LogP contribution is 2.17. The minimum atomic E-state index is -4.36. The van der Waals surface area contributed by atoms with E-state index < -0.39 is 18.8 Å². The van der Waals surface area contributed by atoms with Crippen LogP contribution >= 0.6 is 0 Å². The lowest BCUT2D eigenvalue weighted by Crippen LogP contribution is -2.24. The van der Waals surface area contributed by atoms with E-state index in [1.807, 2.05) is 6.07 Å². The lowest BCUT2D eigenvalue weighted by molar-refractivity contribution is -0.163. The average molecular weight is 204 g/mol. The van der Waals surface area contributed by atoms with E-state index >= 15 is 0 Å². The first kappa shape index (κ1) is 10.4. The van der Waals surface area contributed by atoms with Crippen LogP contribution in [0.2, 0.25) is 0 Å². The van der Waals surface area contributed by atoms with Gasteiger partial charge in [0, 0.05) is 6.20 Å². The van der Waals surface area contributed by atoms with Gasteiger partial charge in [-0.25, -0.2) is 0 Å². The van der Waals surface area contributed by atoms with Gasteiger partial charge in [0.1, 0.15) is 11.8 Å². The molecule has 0 bridgehead atoms. The highest BCUT2D eigenvalue weighted by atomic mass is 19.4. The largest absolute Gasteiger partial charge is 0.484 e. The summed E-state index contributed by atoms with van der Waals surface area (Å²) >= 11 is 0. The molecule has 76 valence electrons. The van der Waals surface area contributed by atoms with E-state index in [1.54, 1.807) is 0 Å². The van der Waals surface area contributed by atoms with Gasteiger partial charge in [-0.3, -0.25) is 0 Å². The maximum Gasteiger partial charge on any atom is 0.422 e. The van der Waals surface area contributed by atoms with Crippen molar-refractivity contribution in [2.24, 2.45) is 0 Å². The molecule has 3 nitrogen and oxygen atoms in total. The van der Waals surface area contributed by atoms with E-state index in [-0.39, 0.29) is 5.76 Å². The zero-order valence-electron chi connectivity index (χ0n) is 7.01. The van der Waals surface area contributed by atoms with E-state index in [1.165, 1.54) is 18.4 Å². The van der Waals surface area contributed by atoms with Gasteiger partial charge >= 0.3 is 6.18 Å². The molecule has 0 amide bonds. The van der Waals surface area contributed by atoms with Crippen LogP contribution in [0.4, 0.5) is 13.2 Å². The third-order valence-electron chi connectivity index (χ3n) is 1.40. The summed E-state index contributed by atoms with van der Waals surface area (Å²) in [7, 11) is 0. The Morgan fingerprint density at radius 1 is 1.57 bits per heavy atom. The first-order chi connectivity index (χ1) is 6.51. The Hall–Kier alpha value is -1.64. The molecule has 0 saturated carbocycles. The third kappa shape index (κ3) is 3.39. The monoisotopic (exact) mass is 204 g/mol. The number of dihydropyridines is 1. The van der Waals surface area contributed by atoms with Crippen LogP contribution in [-0.2, 0) is 4.74 Å². The number of rotatable bonds is 2. The number of nitrogens with one attached hydrogen (secondary N) is 1. The number of hydrogen-bond donors (Lipinski definition) is 1. The first-order valence-corrected chi connectivity index (χ1v) is 3.75. The molecule has 0 saturated heterocycles. The van der Waals surface area contributed by atoms with Gasteiger partial charge in [0.05, 0.1) is 6.07 Å². The summed E-state index contributed by atoms with van der Waals surface area (Å²) in [6.45, 7) is -1.35. The number of nitrogens with zero attached hydrogens (tertiary/aromatic N) is 1. The maximum atomic E-state index is 11.7.